The highest BCUT2D eigenvalue weighted by atomic mass is 16.3. The minimum Gasteiger partial charge on any atom is -0.376 e. The molecule has 0 saturated heterocycles. The number of guanidine groups is 1. The number of nitrogens with one attached hydrogen (secondary N) is 2. The molecule has 4 N–H and O–H groups in total. The SMILES string of the molecule is N#CNC(=NCO)NCO. The lowest BCUT2D eigenvalue weighted by molar-refractivity contribution is 0.281. The number of nitrogens with zero attached hydrogens (tertiary/aromatic N) is 2. The van der Waals surface area contributed by atoms with Gasteiger partial charge in [0, 0.05) is 0 Å². The largest absolute Gasteiger partial charge is 0.376 e. The summed E-state index contributed by atoms with van der Waals surface area (Å²) in [5.74, 6) is 0.0486. The molecule has 0 fully saturated rings. The Morgan fingerprint density at radius 2 is 2.30 bits per heavy atom. The molecule has 0 spiro atoms. The van der Waals surface area contributed by atoms with Gasteiger partial charge in [-0.2, -0.15) is 5.26 Å². The van der Waals surface area contributed by atoms with E-state index in [1.807, 2.05) is 0 Å². The number of aliphatic hydroxyl groups excluding tert-OH is 2. The molecule has 6 heteroatoms. The van der Waals surface area contributed by atoms with Crippen molar-refractivity contribution < 1.29 is 10.2 Å². The second-order valence-electron chi connectivity index (χ2n) is 1.22. The third-order valence-corrected chi connectivity index (χ3v) is 0.650. The molecule has 0 aromatic rings. The van der Waals surface area contributed by atoms with Crippen molar-refractivity contribution in [1.29, 1.82) is 5.26 Å². The molecule has 56 valence electrons. The van der Waals surface area contributed by atoms with Crippen molar-refractivity contribution in [2.45, 2.75) is 0 Å². The Bertz CT molecular complexity index is 150. The first-order chi connectivity index (χ1) is 4.85. The zero-order chi connectivity index (χ0) is 7.82. The molecule has 0 amide bonds. The molecule has 0 aromatic carbocycles. The molecule has 0 heterocycles. The Morgan fingerprint density at radius 3 is 2.70 bits per heavy atom. The van der Waals surface area contributed by atoms with Gasteiger partial charge >= 0.3 is 0 Å². The highest BCUT2D eigenvalue weighted by Crippen LogP contribution is 1.65. The van der Waals surface area contributed by atoms with Gasteiger partial charge in [-0.05, 0) is 0 Å². The number of aliphatic imine (C=N–C) groups is 1. The summed E-state index contributed by atoms with van der Waals surface area (Å²) in [6.07, 6.45) is 1.57. The predicted octanol–water partition coefficient (Wildman–Crippen LogP) is -2.10. The van der Waals surface area contributed by atoms with Crippen molar-refractivity contribution in [3.8, 4) is 6.19 Å². The van der Waals surface area contributed by atoms with E-state index < -0.39 is 6.73 Å². The monoisotopic (exact) mass is 144 g/mol. The van der Waals surface area contributed by atoms with Gasteiger partial charge < -0.3 is 15.5 Å². The zero-order valence-corrected chi connectivity index (χ0v) is 5.20. The summed E-state index contributed by atoms with van der Waals surface area (Å²) < 4.78 is 0. The van der Waals surface area contributed by atoms with Crippen LogP contribution in [0.5, 0.6) is 0 Å². The highest BCUT2D eigenvalue weighted by molar-refractivity contribution is 5.80. The molecule has 0 aliphatic heterocycles. The van der Waals surface area contributed by atoms with E-state index in [-0.39, 0.29) is 12.7 Å². The molecular weight excluding hydrogens is 136 g/mol. The van der Waals surface area contributed by atoms with Gasteiger partial charge in [-0.25, -0.2) is 4.99 Å². The van der Waals surface area contributed by atoms with E-state index in [1.54, 1.807) is 6.19 Å². The summed E-state index contributed by atoms with van der Waals surface area (Å²) in [6, 6.07) is 0. The van der Waals surface area contributed by atoms with Crippen LogP contribution in [0.1, 0.15) is 0 Å². The van der Waals surface area contributed by atoms with Crippen LogP contribution in [0.15, 0.2) is 4.99 Å². The van der Waals surface area contributed by atoms with E-state index in [4.69, 9.17) is 15.5 Å². The van der Waals surface area contributed by atoms with Crippen molar-refractivity contribution >= 4 is 5.96 Å². The van der Waals surface area contributed by atoms with Gasteiger partial charge in [0.2, 0.25) is 5.96 Å². The topological polar surface area (TPSA) is 101 Å². The lowest BCUT2D eigenvalue weighted by atomic mass is 10.9. The van der Waals surface area contributed by atoms with Crippen LogP contribution in [0.3, 0.4) is 0 Å². The first-order valence-corrected chi connectivity index (χ1v) is 2.50. The number of rotatable bonds is 2. The maximum atomic E-state index is 8.27. The van der Waals surface area contributed by atoms with Crippen molar-refractivity contribution in [2.24, 2.45) is 4.99 Å². The van der Waals surface area contributed by atoms with Crippen LogP contribution in [0.25, 0.3) is 0 Å². The smallest absolute Gasteiger partial charge is 0.208 e. The van der Waals surface area contributed by atoms with E-state index in [0.29, 0.717) is 0 Å². The molecule has 10 heavy (non-hydrogen) atoms. The Labute approximate surface area is 57.8 Å². The van der Waals surface area contributed by atoms with E-state index in [1.165, 1.54) is 0 Å². The second kappa shape index (κ2) is 5.81. The lowest BCUT2D eigenvalue weighted by Gasteiger charge is -2.01. The number of hydrogen-bond donors (Lipinski definition) is 4. The third kappa shape index (κ3) is 3.65. The fraction of sp³-hybridized carbons (Fsp3) is 0.500. The van der Waals surface area contributed by atoms with Crippen LogP contribution in [-0.2, 0) is 0 Å². The molecule has 0 bridgehead atoms. The highest BCUT2D eigenvalue weighted by Gasteiger charge is 1.91. The lowest BCUT2D eigenvalue weighted by Crippen LogP contribution is -2.35. The van der Waals surface area contributed by atoms with Gasteiger partial charge in [-0.3, -0.25) is 5.32 Å². The molecule has 0 atom stereocenters. The Kier molecular flexibility index (Phi) is 5.04. The Morgan fingerprint density at radius 1 is 1.60 bits per heavy atom. The summed E-state index contributed by atoms with van der Waals surface area (Å²) in [6.45, 7) is -0.773. The number of nitriles is 1. The first kappa shape index (κ1) is 8.68. The van der Waals surface area contributed by atoms with Crippen LogP contribution in [0.4, 0.5) is 0 Å². The molecule has 0 aliphatic carbocycles. The molecule has 0 rings (SSSR count). The Balaban J connectivity index is 3.75. The van der Waals surface area contributed by atoms with Crippen LogP contribution >= 0.6 is 0 Å². The normalized spacial score (nSPS) is 10.3. The summed E-state index contributed by atoms with van der Waals surface area (Å²) in [5, 5.41) is 28.9. The van der Waals surface area contributed by atoms with Crippen molar-refractivity contribution in [3.63, 3.8) is 0 Å². The average molecular weight is 144 g/mol. The van der Waals surface area contributed by atoms with E-state index in [9.17, 15) is 0 Å². The van der Waals surface area contributed by atoms with Gasteiger partial charge in [-0.15, -0.1) is 0 Å². The summed E-state index contributed by atoms with van der Waals surface area (Å²) in [4.78, 5) is 3.37. The molecule has 0 saturated carbocycles. The zero-order valence-electron chi connectivity index (χ0n) is 5.20. The van der Waals surface area contributed by atoms with Crippen LogP contribution in [0, 0.1) is 11.5 Å². The first-order valence-electron chi connectivity index (χ1n) is 2.50. The maximum absolute atomic E-state index is 8.27. The standard InChI is InChI=1S/C4H8N4O2/c5-1-6-4(7-2-9)8-3-10/h9-10H,2-3H2,(H2,6,7,8). The average Bonchev–Trinajstić information content (AvgIpc) is 1.90. The minimum absolute atomic E-state index is 0.0486. The molecule has 6 nitrogen and oxygen atoms in total. The molecule has 0 unspecified atom stereocenters. The molecule has 0 aromatic heterocycles. The van der Waals surface area contributed by atoms with Gasteiger partial charge in [0.05, 0.1) is 0 Å². The predicted molar refractivity (Wildman–Crippen MR) is 33.5 cm³/mol. The fourth-order valence-electron chi connectivity index (χ4n) is 0.338. The van der Waals surface area contributed by atoms with Gasteiger partial charge in [0.25, 0.3) is 0 Å². The fourth-order valence-corrected chi connectivity index (χ4v) is 0.338. The van der Waals surface area contributed by atoms with Gasteiger partial charge in [-0.1, -0.05) is 0 Å². The summed E-state index contributed by atoms with van der Waals surface area (Å²) in [7, 11) is 0. The molecule has 0 radical (unpaired) electrons. The minimum atomic E-state index is -0.434. The van der Waals surface area contributed by atoms with Crippen molar-refractivity contribution in [2.75, 3.05) is 13.5 Å². The summed E-state index contributed by atoms with van der Waals surface area (Å²) >= 11 is 0. The van der Waals surface area contributed by atoms with Crippen LogP contribution in [-0.4, -0.2) is 29.6 Å². The molecule has 0 aliphatic rings. The maximum Gasteiger partial charge on any atom is 0.208 e. The number of aliphatic hydroxyl groups is 2. The van der Waals surface area contributed by atoms with Crippen molar-refractivity contribution in [3.05, 3.63) is 0 Å². The molecular formula is C4H8N4O2. The third-order valence-electron chi connectivity index (χ3n) is 0.650. The number of hydrogen-bond acceptors (Lipinski definition) is 4. The van der Waals surface area contributed by atoms with E-state index >= 15 is 0 Å². The van der Waals surface area contributed by atoms with E-state index in [0.717, 1.165) is 0 Å². The van der Waals surface area contributed by atoms with Gasteiger partial charge in [0.15, 0.2) is 6.19 Å². The van der Waals surface area contributed by atoms with Gasteiger partial charge in [0.1, 0.15) is 13.5 Å². The van der Waals surface area contributed by atoms with Crippen LogP contribution < -0.4 is 10.6 Å². The quantitative estimate of drug-likeness (QED) is 0.117. The second-order valence-corrected chi connectivity index (χ2v) is 1.22. The van der Waals surface area contributed by atoms with E-state index in [2.05, 4.69) is 15.6 Å². The van der Waals surface area contributed by atoms with Crippen LogP contribution in [0.2, 0.25) is 0 Å². The Hall–Kier alpha value is -1.32. The summed E-state index contributed by atoms with van der Waals surface area (Å²) in [5.41, 5.74) is 0. The van der Waals surface area contributed by atoms with Crippen molar-refractivity contribution in [1.82, 2.24) is 10.6 Å².